The maximum absolute atomic E-state index is 9.35. The Labute approximate surface area is 111 Å². The summed E-state index contributed by atoms with van der Waals surface area (Å²) in [6.07, 6.45) is 7.00. The zero-order valence-corrected chi connectivity index (χ0v) is 10.8. The van der Waals surface area contributed by atoms with Crippen molar-refractivity contribution < 1.29 is 5.11 Å². The Hall–Kier alpha value is -1.86. The second kappa shape index (κ2) is 4.67. The average Bonchev–Trinajstić information content (AvgIpc) is 2.83. The quantitative estimate of drug-likeness (QED) is 0.539. The highest BCUT2D eigenvalue weighted by molar-refractivity contribution is 5.66. The van der Waals surface area contributed by atoms with Crippen LogP contribution in [0.25, 0.3) is 5.65 Å². The van der Waals surface area contributed by atoms with Gasteiger partial charge >= 0.3 is 0 Å². The Kier molecular flexibility index (Phi) is 3.00. The van der Waals surface area contributed by atoms with Crippen LogP contribution in [-0.4, -0.2) is 39.2 Å². The summed E-state index contributed by atoms with van der Waals surface area (Å²) in [4.78, 5) is 10.9. The average molecular weight is 262 g/mol. The second-order valence-electron chi connectivity index (χ2n) is 5.12. The molecule has 1 aliphatic carbocycles. The second-order valence-corrected chi connectivity index (χ2v) is 5.12. The summed E-state index contributed by atoms with van der Waals surface area (Å²) in [6, 6.07) is 0. The molecule has 0 bridgehead atoms. The van der Waals surface area contributed by atoms with Gasteiger partial charge < -0.3 is 19.8 Å². The minimum Gasteiger partial charge on any atom is -0.393 e. The summed E-state index contributed by atoms with van der Waals surface area (Å²) in [5.41, 5.74) is 3.37. The number of hydrogen-bond donors (Lipinski definition) is 3. The van der Waals surface area contributed by atoms with Gasteiger partial charge in [-0.05, 0) is 18.8 Å². The lowest BCUT2D eigenvalue weighted by molar-refractivity contribution is 0.0464. The molecule has 19 heavy (non-hydrogen) atoms. The van der Waals surface area contributed by atoms with Crippen LogP contribution in [0.1, 0.15) is 12.8 Å². The molecule has 0 spiro atoms. The lowest BCUT2D eigenvalue weighted by Gasteiger charge is -2.34. The fourth-order valence-corrected chi connectivity index (χ4v) is 2.56. The highest BCUT2D eigenvalue weighted by Crippen LogP contribution is 2.29. The summed E-state index contributed by atoms with van der Waals surface area (Å²) >= 11 is 0. The molecule has 0 amide bonds. The molecule has 0 atom stereocenters. The van der Waals surface area contributed by atoms with Gasteiger partial charge in [0.2, 0.25) is 0 Å². The maximum Gasteiger partial charge on any atom is 0.180 e. The van der Waals surface area contributed by atoms with E-state index in [0.717, 1.165) is 30.9 Å². The number of aliphatic hydroxyl groups excluding tert-OH is 1. The highest BCUT2D eigenvalue weighted by atomic mass is 16.3. The van der Waals surface area contributed by atoms with Crippen molar-refractivity contribution >= 4 is 17.3 Å². The van der Waals surface area contributed by atoms with E-state index in [2.05, 4.69) is 20.3 Å². The SMILES string of the molecule is CN(CC1CC(O)C1)c1nc(NN)cn2ccnc12. The molecule has 0 unspecified atom stereocenters. The molecule has 1 fully saturated rings. The number of fused-ring (bicyclic) bond motifs is 1. The number of anilines is 2. The first kappa shape index (κ1) is 12.2. The zero-order valence-electron chi connectivity index (χ0n) is 10.8. The number of aliphatic hydroxyl groups is 1. The molecule has 2 aromatic heterocycles. The number of nitrogen functional groups attached to an aromatic ring is 1. The Morgan fingerprint density at radius 3 is 3.05 bits per heavy atom. The largest absolute Gasteiger partial charge is 0.393 e. The normalized spacial score (nSPS) is 22.3. The van der Waals surface area contributed by atoms with Crippen LogP contribution in [-0.2, 0) is 0 Å². The third-order valence-corrected chi connectivity index (χ3v) is 3.61. The van der Waals surface area contributed by atoms with Crippen LogP contribution in [0.5, 0.6) is 0 Å². The fraction of sp³-hybridized carbons (Fsp3) is 0.500. The number of nitrogens with zero attached hydrogens (tertiary/aromatic N) is 4. The molecule has 0 aliphatic heterocycles. The van der Waals surface area contributed by atoms with Crippen LogP contribution in [0.15, 0.2) is 18.6 Å². The number of hydrazine groups is 1. The third-order valence-electron chi connectivity index (χ3n) is 3.61. The van der Waals surface area contributed by atoms with Gasteiger partial charge in [-0.25, -0.2) is 15.8 Å². The topological polar surface area (TPSA) is 91.7 Å². The van der Waals surface area contributed by atoms with E-state index in [1.807, 2.05) is 17.6 Å². The van der Waals surface area contributed by atoms with Crippen LogP contribution in [0.2, 0.25) is 0 Å². The lowest BCUT2D eigenvalue weighted by atomic mass is 9.82. The summed E-state index contributed by atoms with van der Waals surface area (Å²) < 4.78 is 1.89. The van der Waals surface area contributed by atoms with E-state index >= 15 is 0 Å². The maximum atomic E-state index is 9.35. The first-order valence-corrected chi connectivity index (χ1v) is 6.37. The number of imidazole rings is 1. The molecule has 102 valence electrons. The van der Waals surface area contributed by atoms with Gasteiger partial charge in [-0.15, -0.1) is 0 Å². The number of hydrogen-bond acceptors (Lipinski definition) is 6. The van der Waals surface area contributed by atoms with Gasteiger partial charge in [0.1, 0.15) is 0 Å². The minimum absolute atomic E-state index is 0.130. The summed E-state index contributed by atoms with van der Waals surface area (Å²) in [7, 11) is 1.99. The van der Waals surface area contributed by atoms with Crippen LogP contribution < -0.4 is 16.2 Å². The van der Waals surface area contributed by atoms with E-state index in [4.69, 9.17) is 5.84 Å². The lowest BCUT2D eigenvalue weighted by Crippen LogP contribution is -2.37. The minimum atomic E-state index is -0.130. The van der Waals surface area contributed by atoms with Gasteiger partial charge in [0.05, 0.1) is 12.3 Å². The molecule has 3 rings (SSSR count). The van der Waals surface area contributed by atoms with E-state index in [1.54, 1.807) is 12.4 Å². The van der Waals surface area contributed by atoms with E-state index in [9.17, 15) is 5.11 Å². The van der Waals surface area contributed by atoms with E-state index < -0.39 is 0 Å². The monoisotopic (exact) mass is 262 g/mol. The van der Waals surface area contributed by atoms with Crippen molar-refractivity contribution in [1.82, 2.24) is 14.4 Å². The molecular formula is C12H18N6O. The predicted octanol–water partition coefficient (Wildman–Crippen LogP) is 0.222. The molecule has 1 saturated carbocycles. The van der Waals surface area contributed by atoms with Crippen molar-refractivity contribution in [3.8, 4) is 0 Å². The Morgan fingerprint density at radius 1 is 1.58 bits per heavy atom. The Bertz CT molecular complexity index is 577. The standard InChI is InChI=1S/C12H18N6O/c1-17(6-8-4-9(19)5-8)12-11-14-2-3-18(11)7-10(15-12)16-13/h2-3,7-9,16,19H,4-6,13H2,1H3. The van der Waals surface area contributed by atoms with Crippen molar-refractivity contribution in [1.29, 1.82) is 0 Å². The summed E-state index contributed by atoms with van der Waals surface area (Å²) in [5.74, 6) is 7.35. The van der Waals surface area contributed by atoms with Gasteiger partial charge in [0.25, 0.3) is 0 Å². The molecule has 1 aliphatic rings. The molecule has 2 aromatic rings. The number of rotatable bonds is 4. The third kappa shape index (κ3) is 2.22. The fourth-order valence-electron chi connectivity index (χ4n) is 2.56. The summed E-state index contributed by atoms with van der Waals surface area (Å²) in [6.45, 7) is 0.862. The van der Waals surface area contributed by atoms with Gasteiger partial charge in [-0.2, -0.15) is 0 Å². The van der Waals surface area contributed by atoms with Gasteiger partial charge in [-0.1, -0.05) is 0 Å². The summed E-state index contributed by atoms with van der Waals surface area (Å²) in [5, 5.41) is 9.35. The van der Waals surface area contributed by atoms with E-state index in [1.165, 1.54) is 0 Å². The van der Waals surface area contributed by atoms with Crippen molar-refractivity contribution in [2.75, 3.05) is 23.9 Å². The van der Waals surface area contributed by atoms with Crippen molar-refractivity contribution in [2.24, 2.45) is 11.8 Å². The molecule has 0 radical (unpaired) electrons. The highest BCUT2D eigenvalue weighted by Gasteiger charge is 2.28. The van der Waals surface area contributed by atoms with Gasteiger partial charge in [0, 0.05) is 26.0 Å². The van der Waals surface area contributed by atoms with Crippen LogP contribution >= 0.6 is 0 Å². The van der Waals surface area contributed by atoms with Crippen LogP contribution in [0.3, 0.4) is 0 Å². The first-order chi connectivity index (χ1) is 9.17. The Balaban J connectivity index is 1.87. The smallest absolute Gasteiger partial charge is 0.180 e. The number of nitrogens with two attached hydrogens (primary N) is 1. The van der Waals surface area contributed by atoms with Gasteiger partial charge in [-0.3, -0.25) is 0 Å². The molecule has 4 N–H and O–H groups in total. The zero-order chi connectivity index (χ0) is 13.4. The molecular weight excluding hydrogens is 244 g/mol. The first-order valence-electron chi connectivity index (χ1n) is 6.37. The van der Waals surface area contributed by atoms with E-state index in [-0.39, 0.29) is 6.10 Å². The molecule has 7 heteroatoms. The van der Waals surface area contributed by atoms with Crippen molar-refractivity contribution in [3.63, 3.8) is 0 Å². The number of nitrogens with one attached hydrogen (secondary N) is 1. The molecule has 7 nitrogen and oxygen atoms in total. The van der Waals surface area contributed by atoms with Crippen molar-refractivity contribution in [3.05, 3.63) is 18.6 Å². The van der Waals surface area contributed by atoms with E-state index in [0.29, 0.717) is 11.7 Å². The van der Waals surface area contributed by atoms with Crippen molar-refractivity contribution in [2.45, 2.75) is 18.9 Å². The Morgan fingerprint density at radius 2 is 2.37 bits per heavy atom. The van der Waals surface area contributed by atoms with Gasteiger partial charge in [0.15, 0.2) is 17.3 Å². The van der Waals surface area contributed by atoms with Crippen LogP contribution in [0, 0.1) is 5.92 Å². The molecule has 0 aromatic carbocycles. The predicted molar refractivity (Wildman–Crippen MR) is 72.8 cm³/mol. The van der Waals surface area contributed by atoms with Crippen LogP contribution in [0.4, 0.5) is 11.6 Å². The molecule has 2 heterocycles. The molecule has 0 saturated heterocycles. The number of aromatic nitrogens is 3.